The van der Waals surface area contributed by atoms with Crippen molar-refractivity contribution in [3.05, 3.63) is 47.4 Å². The molecule has 5 nitrogen and oxygen atoms in total. The van der Waals surface area contributed by atoms with Gasteiger partial charge in [-0.25, -0.2) is 4.39 Å². The van der Waals surface area contributed by atoms with Crippen LogP contribution in [0.2, 0.25) is 0 Å². The summed E-state index contributed by atoms with van der Waals surface area (Å²) in [5.41, 5.74) is 0.926. The molecule has 4 rings (SSSR count). The summed E-state index contributed by atoms with van der Waals surface area (Å²) in [6, 6.07) is 6.17. The summed E-state index contributed by atoms with van der Waals surface area (Å²) < 4.78 is 18.4. The topological polar surface area (TPSA) is 59.2 Å². The first kappa shape index (κ1) is 15.3. The Morgan fingerprint density at radius 1 is 1.38 bits per heavy atom. The summed E-state index contributed by atoms with van der Waals surface area (Å²) in [4.78, 5) is 18.9. The summed E-state index contributed by atoms with van der Waals surface area (Å²) in [6.45, 7) is 2.88. The molecule has 3 unspecified atom stereocenters. The first-order valence-corrected chi connectivity index (χ1v) is 8.49. The van der Waals surface area contributed by atoms with Crippen molar-refractivity contribution < 1.29 is 13.7 Å². The number of hydrogen-bond donors (Lipinski definition) is 0. The Labute approximate surface area is 139 Å². The van der Waals surface area contributed by atoms with E-state index in [9.17, 15) is 9.18 Å². The van der Waals surface area contributed by atoms with E-state index in [0.717, 1.165) is 31.4 Å². The van der Waals surface area contributed by atoms with Crippen LogP contribution in [0.4, 0.5) is 4.39 Å². The number of carbonyl (C=O) groups excluding carboxylic acids is 1. The Kier molecular flexibility index (Phi) is 3.82. The average molecular weight is 329 g/mol. The number of likely N-dealkylation sites (tertiary alicyclic amines) is 1. The van der Waals surface area contributed by atoms with Crippen LogP contribution in [0.1, 0.15) is 49.5 Å². The standard InChI is InChI=1S/C18H20FN3O2/c1-11-9-14(11)18(23)22-8-2-3-15(22)17-20-16(21-24-17)10-12-4-6-13(19)7-5-12/h4-7,11,14-15H,2-3,8-10H2,1H3. The van der Waals surface area contributed by atoms with Gasteiger partial charge in [-0.15, -0.1) is 0 Å². The summed E-state index contributed by atoms with van der Waals surface area (Å²) >= 11 is 0. The quantitative estimate of drug-likeness (QED) is 0.865. The number of carbonyl (C=O) groups is 1. The molecule has 2 aromatic rings. The van der Waals surface area contributed by atoms with Crippen molar-refractivity contribution >= 4 is 5.91 Å². The molecule has 1 aromatic carbocycles. The summed E-state index contributed by atoms with van der Waals surface area (Å²) in [6.07, 6.45) is 3.31. The molecule has 1 saturated heterocycles. The van der Waals surface area contributed by atoms with Crippen LogP contribution < -0.4 is 0 Å². The van der Waals surface area contributed by atoms with Crippen molar-refractivity contribution in [1.82, 2.24) is 15.0 Å². The van der Waals surface area contributed by atoms with Gasteiger partial charge >= 0.3 is 0 Å². The van der Waals surface area contributed by atoms with E-state index in [1.165, 1.54) is 12.1 Å². The second-order valence-corrected chi connectivity index (χ2v) is 6.86. The van der Waals surface area contributed by atoms with Crippen molar-refractivity contribution in [2.24, 2.45) is 11.8 Å². The number of halogens is 1. The predicted octanol–water partition coefficient (Wildman–Crippen LogP) is 3.12. The molecule has 126 valence electrons. The number of hydrogen-bond acceptors (Lipinski definition) is 4. The maximum atomic E-state index is 13.0. The lowest BCUT2D eigenvalue weighted by atomic mass is 10.1. The van der Waals surface area contributed by atoms with E-state index >= 15 is 0 Å². The Morgan fingerprint density at radius 3 is 2.83 bits per heavy atom. The van der Waals surface area contributed by atoms with Crippen LogP contribution in [0.15, 0.2) is 28.8 Å². The highest BCUT2D eigenvalue weighted by Crippen LogP contribution is 2.42. The number of benzene rings is 1. The zero-order valence-corrected chi connectivity index (χ0v) is 13.6. The number of aromatic nitrogens is 2. The van der Waals surface area contributed by atoms with E-state index in [2.05, 4.69) is 17.1 Å². The van der Waals surface area contributed by atoms with E-state index in [4.69, 9.17) is 4.52 Å². The van der Waals surface area contributed by atoms with Gasteiger partial charge in [0.1, 0.15) is 11.9 Å². The van der Waals surface area contributed by atoms with Gasteiger partial charge in [-0.05, 0) is 42.9 Å². The smallest absolute Gasteiger partial charge is 0.249 e. The lowest BCUT2D eigenvalue weighted by Crippen LogP contribution is -2.32. The van der Waals surface area contributed by atoms with E-state index in [1.807, 2.05) is 4.90 Å². The molecule has 1 saturated carbocycles. The molecule has 0 radical (unpaired) electrons. The van der Waals surface area contributed by atoms with E-state index in [1.54, 1.807) is 12.1 Å². The Morgan fingerprint density at radius 2 is 2.12 bits per heavy atom. The molecule has 3 atom stereocenters. The molecule has 1 aromatic heterocycles. The third kappa shape index (κ3) is 2.92. The third-order valence-electron chi connectivity index (χ3n) is 5.01. The molecule has 24 heavy (non-hydrogen) atoms. The Hall–Kier alpha value is -2.24. The van der Waals surface area contributed by atoms with Gasteiger partial charge in [0, 0.05) is 18.9 Å². The van der Waals surface area contributed by atoms with Crippen molar-refractivity contribution in [3.8, 4) is 0 Å². The predicted molar refractivity (Wildman–Crippen MR) is 84.5 cm³/mol. The second kappa shape index (κ2) is 6.00. The molecule has 6 heteroatoms. The summed E-state index contributed by atoms with van der Waals surface area (Å²) in [5, 5.41) is 4.03. The highest BCUT2D eigenvalue weighted by Gasteiger charge is 2.45. The van der Waals surface area contributed by atoms with Gasteiger partial charge in [-0.1, -0.05) is 24.2 Å². The maximum absolute atomic E-state index is 13.0. The molecule has 0 spiro atoms. The Bertz CT molecular complexity index is 743. The minimum Gasteiger partial charge on any atom is -0.337 e. The molecule has 1 aliphatic heterocycles. The van der Waals surface area contributed by atoms with E-state index in [0.29, 0.717) is 24.1 Å². The second-order valence-electron chi connectivity index (χ2n) is 6.86. The van der Waals surface area contributed by atoms with Crippen LogP contribution in [0.5, 0.6) is 0 Å². The SMILES string of the molecule is CC1CC1C(=O)N1CCCC1c1nc(Cc2ccc(F)cc2)no1. The molecular formula is C18H20FN3O2. The molecule has 0 bridgehead atoms. The van der Waals surface area contributed by atoms with Crippen molar-refractivity contribution in [3.63, 3.8) is 0 Å². The van der Waals surface area contributed by atoms with Crippen LogP contribution in [-0.4, -0.2) is 27.5 Å². The minimum atomic E-state index is -0.262. The third-order valence-corrected chi connectivity index (χ3v) is 5.01. The van der Waals surface area contributed by atoms with Crippen molar-refractivity contribution in [1.29, 1.82) is 0 Å². The fraction of sp³-hybridized carbons (Fsp3) is 0.500. The van der Waals surface area contributed by atoms with Crippen LogP contribution in [-0.2, 0) is 11.2 Å². The van der Waals surface area contributed by atoms with Crippen molar-refractivity contribution in [2.75, 3.05) is 6.54 Å². The van der Waals surface area contributed by atoms with Crippen molar-refractivity contribution in [2.45, 2.75) is 38.6 Å². The van der Waals surface area contributed by atoms with Gasteiger partial charge in [-0.2, -0.15) is 4.98 Å². The summed E-state index contributed by atoms with van der Waals surface area (Å²) in [7, 11) is 0. The van der Waals surface area contributed by atoms with Gasteiger partial charge in [0.15, 0.2) is 5.82 Å². The molecule has 0 N–H and O–H groups in total. The largest absolute Gasteiger partial charge is 0.337 e. The minimum absolute atomic E-state index is 0.0974. The molecule has 1 amide bonds. The molecule has 2 fully saturated rings. The van der Waals surface area contributed by atoms with Crippen LogP contribution in [0, 0.1) is 17.7 Å². The normalized spacial score (nSPS) is 25.9. The van der Waals surface area contributed by atoms with Gasteiger partial charge in [-0.3, -0.25) is 4.79 Å². The number of nitrogens with zero attached hydrogens (tertiary/aromatic N) is 3. The lowest BCUT2D eigenvalue weighted by Gasteiger charge is -2.21. The van der Waals surface area contributed by atoms with E-state index < -0.39 is 0 Å². The molecule has 1 aliphatic carbocycles. The monoisotopic (exact) mass is 329 g/mol. The van der Waals surface area contributed by atoms with Crippen LogP contribution in [0.3, 0.4) is 0 Å². The molecular weight excluding hydrogens is 309 g/mol. The first-order valence-electron chi connectivity index (χ1n) is 8.49. The van der Waals surface area contributed by atoms with Crippen LogP contribution in [0.25, 0.3) is 0 Å². The zero-order chi connectivity index (χ0) is 16.7. The zero-order valence-electron chi connectivity index (χ0n) is 13.6. The highest BCUT2D eigenvalue weighted by molar-refractivity contribution is 5.82. The van der Waals surface area contributed by atoms with Gasteiger partial charge < -0.3 is 9.42 Å². The van der Waals surface area contributed by atoms with Gasteiger partial charge in [0.05, 0.1) is 0 Å². The maximum Gasteiger partial charge on any atom is 0.249 e. The van der Waals surface area contributed by atoms with Gasteiger partial charge in [0.25, 0.3) is 0 Å². The van der Waals surface area contributed by atoms with Gasteiger partial charge in [0.2, 0.25) is 11.8 Å². The van der Waals surface area contributed by atoms with Crippen LogP contribution >= 0.6 is 0 Å². The fourth-order valence-electron chi connectivity index (χ4n) is 3.43. The summed E-state index contributed by atoms with van der Waals surface area (Å²) in [5.74, 6) is 1.72. The Balaban J connectivity index is 1.47. The molecule has 2 heterocycles. The highest BCUT2D eigenvalue weighted by atomic mass is 19.1. The number of amides is 1. The van der Waals surface area contributed by atoms with E-state index in [-0.39, 0.29) is 23.7 Å². The fourth-order valence-corrected chi connectivity index (χ4v) is 3.43. The lowest BCUT2D eigenvalue weighted by molar-refractivity contribution is -0.134. The molecule has 2 aliphatic rings. The average Bonchev–Trinajstić information content (AvgIpc) is 2.99. The first-order chi connectivity index (χ1) is 11.6. The number of rotatable bonds is 4.